The van der Waals surface area contributed by atoms with Gasteiger partial charge in [-0.15, -0.1) is 0 Å². The van der Waals surface area contributed by atoms with Crippen LogP contribution in [0, 0.1) is 0 Å². The van der Waals surface area contributed by atoms with Gasteiger partial charge in [0.05, 0.1) is 11.3 Å². The fourth-order valence-electron chi connectivity index (χ4n) is 3.13. The third-order valence-corrected chi connectivity index (χ3v) is 5.94. The van der Waals surface area contributed by atoms with E-state index in [-0.39, 0.29) is 29.6 Å². The Morgan fingerprint density at radius 3 is 2.38 bits per heavy atom. The van der Waals surface area contributed by atoms with Crippen molar-refractivity contribution in [2.45, 2.75) is 36.6 Å². The minimum atomic E-state index is -3.59. The third-order valence-electron chi connectivity index (χ3n) is 4.40. The number of ketones is 1. The zero-order valence-corrected chi connectivity index (χ0v) is 14.8. The Labute approximate surface area is 151 Å². The molecule has 1 aliphatic carbocycles. The molecule has 1 unspecified atom stereocenters. The van der Waals surface area contributed by atoms with Gasteiger partial charge < -0.3 is 5.11 Å². The summed E-state index contributed by atoms with van der Waals surface area (Å²) in [5.74, 6) is -1.22. The van der Waals surface area contributed by atoms with Crippen LogP contribution in [0.25, 0.3) is 0 Å². The summed E-state index contributed by atoms with van der Waals surface area (Å²) >= 11 is 0. The molecule has 2 aromatic rings. The molecule has 6 nitrogen and oxygen atoms in total. The average molecular weight is 373 g/mol. The first-order chi connectivity index (χ1) is 12.3. The van der Waals surface area contributed by atoms with E-state index in [1.54, 1.807) is 42.5 Å². The Hall–Kier alpha value is -2.51. The van der Waals surface area contributed by atoms with Gasteiger partial charge in [-0.2, -0.15) is 0 Å². The standard InChI is InChI=1S/C19H19NO5S/c21-18(8-9-19(22)23)14-7-6-13-11-16(12-15(13)10-14)20-26(24,25)17-4-2-1-3-5-17/h1-7,10,16,20H,8-9,11-12H2,(H,22,23). The number of sulfonamides is 1. The summed E-state index contributed by atoms with van der Waals surface area (Å²) < 4.78 is 27.6. The molecule has 0 saturated heterocycles. The van der Waals surface area contributed by atoms with Crippen LogP contribution in [0.3, 0.4) is 0 Å². The van der Waals surface area contributed by atoms with Crippen LogP contribution in [0.5, 0.6) is 0 Å². The van der Waals surface area contributed by atoms with Crippen LogP contribution in [0.15, 0.2) is 53.4 Å². The molecule has 0 saturated carbocycles. The molecule has 2 aromatic carbocycles. The summed E-state index contributed by atoms with van der Waals surface area (Å²) in [6.45, 7) is 0. The van der Waals surface area contributed by atoms with Gasteiger partial charge in [-0.25, -0.2) is 13.1 Å². The molecule has 0 aliphatic heterocycles. The highest BCUT2D eigenvalue weighted by Gasteiger charge is 2.27. The first kappa shape index (κ1) is 18.3. The van der Waals surface area contributed by atoms with Gasteiger partial charge in [-0.3, -0.25) is 9.59 Å². The molecule has 7 heteroatoms. The number of aliphatic carboxylic acids is 1. The highest BCUT2D eigenvalue weighted by atomic mass is 32.2. The summed E-state index contributed by atoms with van der Waals surface area (Å²) in [5, 5.41) is 8.68. The van der Waals surface area contributed by atoms with Gasteiger partial charge in [-0.05, 0) is 42.2 Å². The van der Waals surface area contributed by atoms with Crippen molar-refractivity contribution in [1.29, 1.82) is 0 Å². The van der Waals surface area contributed by atoms with Crippen molar-refractivity contribution >= 4 is 21.8 Å². The lowest BCUT2D eigenvalue weighted by Crippen LogP contribution is -2.35. The summed E-state index contributed by atoms with van der Waals surface area (Å²) in [4.78, 5) is 22.9. The first-order valence-electron chi connectivity index (χ1n) is 8.29. The van der Waals surface area contributed by atoms with E-state index in [4.69, 9.17) is 5.11 Å². The number of carbonyl (C=O) groups is 2. The number of carboxylic acid groups (broad SMARTS) is 1. The van der Waals surface area contributed by atoms with E-state index >= 15 is 0 Å². The van der Waals surface area contributed by atoms with Crippen LogP contribution >= 0.6 is 0 Å². The van der Waals surface area contributed by atoms with E-state index < -0.39 is 16.0 Å². The van der Waals surface area contributed by atoms with Crippen molar-refractivity contribution in [1.82, 2.24) is 4.72 Å². The molecule has 136 valence electrons. The molecule has 0 radical (unpaired) electrons. The lowest BCUT2D eigenvalue weighted by atomic mass is 10.0. The fraction of sp³-hybridized carbons (Fsp3) is 0.263. The van der Waals surface area contributed by atoms with E-state index in [0.29, 0.717) is 18.4 Å². The van der Waals surface area contributed by atoms with Crippen LogP contribution in [0.2, 0.25) is 0 Å². The second-order valence-corrected chi connectivity index (χ2v) is 8.05. The number of carbonyl (C=O) groups excluding carboxylic acids is 1. The Kier molecular flexibility index (Phi) is 5.20. The van der Waals surface area contributed by atoms with Crippen LogP contribution < -0.4 is 4.72 Å². The van der Waals surface area contributed by atoms with Crippen LogP contribution in [0.4, 0.5) is 0 Å². The van der Waals surface area contributed by atoms with E-state index in [2.05, 4.69) is 4.72 Å². The van der Waals surface area contributed by atoms with Crippen molar-refractivity contribution < 1.29 is 23.1 Å². The van der Waals surface area contributed by atoms with Crippen molar-refractivity contribution in [3.05, 3.63) is 65.2 Å². The molecule has 1 atom stereocenters. The van der Waals surface area contributed by atoms with Crippen molar-refractivity contribution in [2.24, 2.45) is 0 Å². The zero-order valence-electron chi connectivity index (χ0n) is 14.0. The number of fused-ring (bicyclic) bond motifs is 1. The third kappa shape index (κ3) is 4.17. The molecule has 26 heavy (non-hydrogen) atoms. The molecular weight excluding hydrogens is 354 g/mol. The number of benzene rings is 2. The predicted octanol–water partition coefficient (Wildman–Crippen LogP) is 2.18. The highest BCUT2D eigenvalue weighted by molar-refractivity contribution is 7.89. The average Bonchev–Trinajstić information content (AvgIpc) is 3.00. The Morgan fingerprint density at radius 2 is 1.69 bits per heavy atom. The molecule has 2 N–H and O–H groups in total. The number of hydrogen-bond donors (Lipinski definition) is 2. The molecule has 0 aromatic heterocycles. The molecule has 0 heterocycles. The van der Waals surface area contributed by atoms with Gasteiger partial charge in [0.15, 0.2) is 5.78 Å². The van der Waals surface area contributed by atoms with Gasteiger partial charge in [0, 0.05) is 18.0 Å². The fourth-order valence-corrected chi connectivity index (χ4v) is 4.38. The Morgan fingerprint density at radius 1 is 1.00 bits per heavy atom. The normalized spacial score (nSPS) is 16.2. The number of rotatable bonds is 7. The predicted molar refractivity (Wildman–Crippen MR) is 95.6 cm³/mol. The second kappa shape index (κ2) is 7.39. The lowest BCUT2D eigenvalue weighted by molar-refractivity contribution is -0.136. The maximum Gasteiger partial charge on any atom is 0.303 e. The maximum absolute atomic E-state index is 12.4. The van der Waals surface area contributed by atoms with Gasteiger partial charge >= 0.3 is 5.97 Å². The van der Waals surface area contributed by atoms with E-state index in [0.717, 1.165) is 11.1 Å². The van der Waals surface area contributed by atoms with Gasteiger partial charge in [0.2, 0.25) is 10.0 Å². The van der Waals surface area contributed by atoms with E-state index in [9.17, 15) is 18.0 Å². The molecule has 0 bridgehead atoms. The van der Waals surface area contributed by atoms with Crippen molar-refractivity contribution in [3.8, 4) is 0 Å². The molecule has 3 rings (SSSR count). The van der Waals surface area contributed by atoms with Gasteiger partial charge in [0.1, 0.15) is 0 Å². The smallest absolute Gasteiger partial charge is 0.303 e. The summed E-state index contributed by atoms with van der Waals surface area (Å²) in [6.07, 6.45) is 0.819. The van der Waals surface area contributed by atoms with E-state index in [1.807, 2.05) is 6.07 Å². The quantitative estimate of drug-likeness (QED) is 0.725. The topological polar surface area (TPSA) is 101 Å². The largest absolute Gasteiger partial charge is 0.481 e. The van der Waals surface area contributed by atoms with Crippen LogP contribution in [0.1, 0.15) is 34.3 Å². The zero-order chi connectivity index (χ0) is 18.7. The minimum Gasteiger partial charge on any atom is -0.481 e. The highest BCUT2D eigenvalue weighted by Crippen LogP contribution is 2.25. The molecular formula is C19H19NO5S. The number of Topliss-reactive ketones (excluding diaryl/α,β-unsaturated/α-hetero) is 1. The number of carboxylic acids is 1. The summed E-state index contributed by atoms with van der Waals surface area (Å²) in [5.41, 5.74) is 2.39. The summed E-state index contributed by atoms with van der Waals surface area (Å²) in [7, 11) is -3.59. The molecule has 0 amide bonds. The van der Waals surface area contributed by atoms with Crippen LogP contribution in [-0.4, -0.2) is 31.3 Å². The number of nitrogens with one attached hydrogen (secondary N) is 1. The molecule has 0 spiro atoms. The number of hydrogen-bond acceptors (Lipinski definition) is 4. The minimum absolute atomic E-state index is 0.0435. The second-order valence-electron chi connectivity index (χ2n) is 6.34. The Balaban J connectivity index is 1.69. The Bertz CT molecular complexity index is 938. The van der Waals surface area contributed by atoms with Crippen molar-refractivity contribution in [3.63, 3.8) is 0 Å². The van der Waals surface area contributed by atoms with E-state index in [1.165, 1.54) is 0 Å². The van der Waals surface area contributed by atoms with Gasteiger partial charge in [0.25, 0.3) is 0 Å². The SMILES string of the molecule is O=C(O)CCC(=O)c1ccc2c(c1)CC(NS(=O)(=O)c1ccccc1)C2. The summed E-state index contributed by atoms with van der Waals surface area (Å²) in [6, 6.07) is 13.2. The maximum atomic E-state index is 12.4. The van der Waals surface area contributed by atoms with Crippen LogP contribution in [-0.2, 0) is 27.7 Å². The monoisotopic (exact) mass is 373 g/mol. The van der Waals surface area contributed by atoms with Gasteiger partial charge in [-0.1, -0.05) is 30.3 Å². The van der Waals surface area contributed by atoms with Crippen molar-refractivity contribution in [2.75, 3.05) is 0 Å². The lowest BCUT2D eigenvalue weighted by Gasteiger charge is -2.12. The molecule has 0 fully saturated rings. The molecule has 1 aliphatic rings. The first-order valence-corrected chi connectivity index (χ1v) is 9.77.